The van der Waals surface area contributed by atoms with Crippen molar-refractivity contribution < 1.29 is 9.59 Å². The van der Waals surface area contributed by atoms with Crippen molar-refractivity contribution in [3.63, 3.8) is 0 Å². The third-order valence-corrected chi connectivity index (χ3v) is 2.12. The zero-order valence-electron chi connectivity index (χ0n) is 6.67. The maximum Gasteiger partial charge on any atom is 0.152 e. The summed E-state index contributed by atoms with van der Waals surface area (Å²) in [5.74, 6) is 0.0367. The van der Waals surface area contributed by atoms with Crippen LogP contribution in [0.1, 0.15) is 26.2 Å². The number of hydrogen-bond acceptors (Lipinski definition) is 3. The summed E-state index contributed by atoms with van der Waals surface area (Å²) in [6, 6.07) is -0.406. The standard InChI is InChI=1S/C8H13NO2/c1-5-4-6(10)2-3-7(9)8(5)11/h5,7H,2-4,9H2,1H3. The molecule has 0 aromatic rings. The van der Waals surface area contributed by atoms with Crippen LogP contribution in [0.2, 0.25) is 0 Å². The Morgan fingerprint density at radius 3 is 2.73 bits per heavy atom. The van der Waals surface area contributed by atoms with Crippen LogP contribution in [-0.4, -0.2) is 17.6 Å². The van der Waals surface area contributed by atoms with Crippen LogP contribution < -0.4 is 5.73 Å². The van der Waals surface area contributed by atoms with E-state index in [9.17, 15) is 9.59 Å². The molecule has 2 unspecified atom stereocenters. The van der Waals surface area contributed by atoms with Crippen LogP contribution in [0.4, 0.5) is 0 Å². The number of ketones is 2. The molecule has 0 bridgehead atoms. The lowest BCUT2D eigenvalue weighted by molar-refractivity contribution is -0.126. The van der Waals surface area contributed by atoms with Gasteiger partial charge < -0.3 is 5.73 Å². The van der Waals surface area contributed by atoms with E-state index in [1.165, 1.54) is 0 Å². The molecule has 2 N–H and O–H groups in total. The molecule has 0 radical (unpaired) electrons. The van der Waals surface area contributed by atoms with Crippen molar-refractivity contribution in [3.8, 4) is 0 Å². The molecule has 0 saturated heterocycles. The van der Waals surface area contributed by atoms with Gasteiger partial charge in [0.15, 0.2) is 5.78 Å². The van der Waals surface area contributed by atoms with Gasteiger partial charge in [-0.15, -0.1) is 0 Å². The first-order valence-electron chi connectivity index (χ1n) is 3.92. The highest BCUT2D eigenvalue weighted by molar-refractivity contribution is 5.93. The molecule has 1 fully saturated rings. The smallest absolute Gasteiger partial charge is 0.152 e. The first kappa shape index (κ1) is 8.40. The third kappa shape index (κ3) is 1.87. The molecule has 62 valence electrons. The van der Waals surface area contributed by atoms with Gasteiger partial charge in [0.1, 0.15) is 5.78 Å². The van der Waals surface area contributed by atoms with Gasteiger partial charge in [-0.3, -0.25) is 9.59 Å². The van der Waals surface area contributed by atoms with Crippen molar-refractivity contribution in [1.82, 2.24) is 0 Å². The molecule has 1 aliphatic carbocycles. The molecule has 1 rings (SSSR count). The maximum atomic E-state index is 11.2. The minimum absolute atomic E-state index is 0.0378. The fourth-order valence-electron chi connectivity index (χ4n) is 1.37. The zero-order chi connectivity index (χ0) is 8.43. The molecular weight excluding hydrogens is 142 g/mol. The Labute approximate surface area is 66.0 Å². The van der Waals surface area contributed by atoms with Crippen LogP contribution in [0.15, 0.2) is 0 Å². The second-order valence-corrected chi connectivity index (χ2v) is 3.19. The Bertz CT molecular complexity index is 189. The van der Waals surface area contributed by atoms with E-state index >= 15 is 0 Å². The van der Waals surface area contributed by atoms with Crippen molar-refractivity contribution in [2.24, 2.45) is 11.7 Å². The number of hydrogen-bond donors (Lipinski definition) is 1. The number of rotatable bonds is 0. The summed E-state index contributed by atoms with van der Waals surface area (Å²) in [6.07, 6.45) is 1.38. The van der Waals surface area contributed by atoms with Crippen LogP contribution in [0, 0.1) is 5.92 Å². The molecular formula is C8H13NO2. The van der Waals surface area contributed by atoms with Crippen LogP contribution >= 0.6 is 0 Å². The average Bonchev–Trinajstić information content (AvgIpc) is 2.05. The third-order valence-electron chi connectivity index (χ3n) is 2.12. The molecule has 3 nitrogen and oxygen atoms in total. The van der Waals surface area contributed by atoms with Crippen LogP contribution in [0.5, 0.6) is 0 Å². The zero-order valence-corrected chi connectivity index (χ0v) is 6.67. The molecule has 0 spiro atoms. The molecule has 0 aliphatic heterocycles. The topological polar surface area (TPSA) is 60.2 Å². The van der Waals surface area contributed by atoms with Gasteiger partial charge in [-0.25, -0.2) is 0 Å². The summed E-state index contributed by atoms with van der Waals surface area (Å²) >= 11 is 0. The summed E-state index contributed by atoms with van der Waals surface area (Å²) in [5.41, 5.74) is 5.53. The Morgan fingerprint density at radius 1 is 1.45 bits per heavy atom. The van der Waals surface area contributed by atoms with Gasteiger partial charge in [0.05, 0.1) is 6.04 Å². The van der Waals surface area contributed by atoms with Gasteiger partial charge in [0.2, 0.25) is 0 Å². The van der Waals surface area contributed by atoms with Crippen molar-refractivity contribution in [1.29, 1.82) is 0 Å². The lowest BCUT2D eigenvalue weighted by Gasteiger charge is -2.08. The Balaban J connectivity index is 2.68. The predicted molar refractivity (Wildman–Crippen MR) is 41.0 cm³/mol. The number of carbonyl (C=O) groups is 2. The highest BCUT2D eigenvalue weighted by Gasteiger charge is 2.26. The summed E-state index contributed by atoms with van der Waals surface area (Å²) in [7, 11) is 0. The van der Waals surface area contributed by atoms with E-state index in [1.54, 1.807) is 6.92 Å². The lowest BCUT2D eigenvalue weighted by atomic mass is 9.99. The minimum Gasteiger partial charge on any atom is -0.321 e. The van der Waals surface area contributed by atoms with E-state index in [0.717, 1.165) is 0 Å². The van der Waals surface area contributed by atoms with Crippen LogP contribution in [0.25, 0.3) is 0 Å². The van der Waals surface area contributed by atoms with E-state index in [-0.39, 0.29) is 17.5 Å². The SMILES string of the molecule is CC1CC(=O)CCC(N)C1=O. The van der Waals surface area contributed by atoms with E-state index in [2.05, 4.69) is 0 Å². The number of Topliss-reactive ketones (excluding diaryl/α,β-unsaturated/α-hetero) is 2. The van der Waals surface area contributed by atoms with Crippen LogP contribution in [-0.2, 0) is 9.59 Å². The number of carbonyl (C=O) groups excluding carboxylic acids is 2. The van der Waals surface area contributed by atoms with E-state index in [1.807, 2.05) is 0 Å². The molecule has 1 saturated carbocycles. The van der Waals surface area contributed by atoms with Gasteiger partial charge >= 0.3 is 0 Å². The van der Waals surface area contributed by atoms with E-state index < -0.39 is 6.04 Å². The van der Waals surface area contributed by atoms with E-state index in [4.69, 9.17) is 5.73 Å². The molecule has 11 heavy (non-hydrogen) atoms. The molecule has 0 aromatic carbocycles. The largest absolute Gasteiger partial charge is 0.321 e. The molecule has 0 amide bonds. The second kappa shape index (κ2) is 3.13. The summed E-state index contributed by atoms with van der Waals surface area (Å²) < 4.78 is 0. The monoisotopic (exact) mass is 155 g/mol. The molecule has 1 aliphatic rings. The fourth-order valence-corrected chi connectivity index (χ4v) is 1.37. The van der Waals surface area contributed by atoms with E-state index in [0.29, 0.717) is 19.3 Å². The first-order valence-corrected chi connectivity index (χ1v) is 3.92. The van der Waals surface area contributed by atoms with Crippen molar-refractivity contribution in [2.45, 2.75) is 32.2 Å². The normalized spacial score (nSPS) is 33.6. The molecule has 2 atom stereocenters. The van der Waals surface area contributed by atoms with Gasteiger partial charge in [0, 0.05) is 18.8 Å². The van der Waals surface area contributed by atoms with Gasteiger partial charge in [-0.05, 0) is 6.42 Å². The molecule has 3 heteroatoms. The second-order valence-electron chi connectivity index (χ2n) is 3.19. The summed E-state index contributed by atoms with van der Waals surface area (Å²) in [5, 5.41) is 0. The predicted octanol–water partition coefficient (Wildman–Crippen LogP) is 0.272. The lowest BCUT2D eigenvalue weighted by Crippen LogP contribution is -2.32. The van der Waals surface area contributed by atoms with Gasteiger partial charge in [-0.2, -0.15) is 0 Å². The minimum atomic E-state index is -0.406. The first-order chi connectivity index (χ1) is 5.11. The Hall–Kier alpha value is -0.700. The maximum absolute atomic E-state index is 11.2. The van der Waals surface area contributed by atoms with Crippen LogP contribution in [0.3, 0.4) is 0 Å². The van der Waals surface area contributed by atoms with Crippen molar-refractivity contribution >= 4 is 11.6 Å². The Kier molecular flexibility index (Phi) is 2.39. The quantitative estimate of drug-likeness (QED) is 0.511. The summed E-state index contributed by atoms with van der Waals surface area (Å²) in [6.45, 7) is 1.77. The molecule has 0 aromatic heterocycles. The van der Waals surface area contributed by atoms with Crippen molar-refractivity contribution in [2.75, 3.05) is 0 Å². The molecule has 0 heterocycles. The highest BCUT2D eigenvalue weighted by Crippen LogP contribution is 2.15. The summed E-state index contributed by atoms with van der Waals surface area (Å²) in [4.78, 5) is 22.2. The number of nitrogens with two attached hydrogens (primary N) is 1. The van der Waals surface area contributed by atoms with Gasteiger partial charge in [-0.1, -0.05) is 6.92 Å². The highest BCUT2D eigenvalue weighted by atomic mass is 16.1. The Morgan fingerprint density at radius 2 is 2.09 bits per heavy atom. The van der Waals surface area contributed by atoms with Gasteiger partial charge in [0.25, 0.3) is 0 Å². The average molecular weight is 155 g/mol. The fraction of sp³-hybridized carbons (Fsp3) is 0.750. The van der Waals surface area contributed by atoms with Crippen molar-refractivity contribution in [3.05, 3.63) is 0 Å².